The van der Waals surface area contributed by atoms with E-state index in [-0.39, 0.29) is 19.4 Å². The number of unbranched alkanes of at least 4 members (excludes halogenated alkanes) is 11. The molecule has 9 heteroatoms. The topological polar surface area (TPSA) is 119 Å². The van der Waals surface area contributed by atoms with E-state index in [1.54, 1.807) is 0 Å². The zero-order chi connectivity index (χ0) is 34.0. The van der Waals surface area contributed by atoms with Gasteiger partial charge in [-0.15, -0.1) is 0 Å². The van der Waals surface area contributed by atoms with Gasteiger partial charge in [0.25, 0.3) is 0 Å². The third kappa shape index (κ3) is 34.6. The monoisotopic (exact) mass is 666 g/mol. The molecule has 0 aromatic rings. The number of esters is 2. The predicted molar refractivity (Wildman–Crippen MR) is 188 cm³/mol. The largest absolute Gasteiger partial charge is 0.469 e. The number of allylic oxidation sites excluding steroid dienone is 10. The van der Waals surface area contributed by atoms with Crippen molar-refractivity contribution in [2.45, 2.75) is 148 Å². The fourth-order valence-corrected chi connectivity index (χ4v) is 4.76. The molecule has 0 heterocycles. The fourth-order valence-electron chi connectivity index (χ4n) is 4.40. The summed E-state index contributed by atoms with van der Waals surface area (Å²) in [7, 11) is -4.76. The van der Waals surface area contributed by atoms with Crippen molar-refractivity contribution in [3.8, 4) is 0 Å². The number of carbonyl (C=O) groups is 2. The highest BCUT2D eigenvalue weighted by Gasteiger charge is 2.22. The first-order valence-electron chi connectivity index (χ1n) is 17.6. The lowest BCUT2D eigenvalue weighted by molar-refractivity contribution is -0.161. The molecule has 0 radical (unpaired) electrons. The molecule has 1 unspecified atom stereocenters. The van der Waals surface area contributed by atoms with Crippen LogP contribution >= 0.6 is 7.82 Å². The maximum Gasteiger partial charge on any atom is 0.469 e. The number of phosphoric acid groups is 1. The molecule has 0 aromatic heterocycles. The smallest absolute Gasteiger partial charge is 0.462 e. The van der Waals surface area contributed by atoms with Crippen LogP contribution in [0.25, 0.3) is 0 Å². The van der Waals surface area contributed by atoms with Crippen LogP contribution in [-0.2, 0) is 28.2 Å². The van der Waals surface area contributed by atoms with E-state index >= 15 is 0 Å². The van der Waals surface area contributed by atoms with Gasteiger partial charge in [0.15, 0.2) is 6.10 Å². The zero-order valence-corrected chi connectivity index (χ0v) is 29.6. The predicted octanol–water partition coefficient (Wildman–Crippen LogP) is 10.2. The second-order valence-electron chi connectivity index (χ2n) is 11.5. The molecule has 0 aliphatic rings. The second-order valence-corrected chi connectivity index (χ2v) is 12.7. The van der Waals surface area contributed by atoms with Crippen molar-refractivity contribution in [2.75, 3.05) is 13.2 Å². The number of carbonyl (C=O) groups excluding carboxylic acids is 2. The highest BCUT2D eigenvalue weighted by molar-refractivity contribution is 7.46. The normalized spacial score (nSPS) is 13.2. The van der Waals surface area contributed by atoms with E-state index in [0.29, 0.717) is 12.8 Å². The van der Waals surface area contributed by atoms with Gasteiger partial charge in [0.1, 0.15) is 6.61 Å². The Labute approximate surface area is 279 Å². The SMILES string of the molecule is CC/C=C\C/C=C\C/C=C\C/C=C\CCCCCCC(=O)OC(COC(=O)CCCCCCC/C=C\CCCC)COP(=O)(O)O. The molecular weight excluding hydrogens is 603 g/mol. The van der Waals surface area contributed by atoms with E-state index < -0.39 is 32.5 Å². The van der Waals surface area contributed by atoms with Crippen LogP contribution in [0.1, 0.15) is 142 Å². The Morgan fingerprint density at radius 2 is 1.04 bits per heavy atom. The van der Waals surface area contributed by atoms with Crippen molar-refractivity contribution in [2.24, 2.45) is 0 Å². The summed E-state index contributed by atoms with van der Waals surface area (Å²) in [5, 5.41) is 0. The summed E-state index contributed by atoms with van der Waals surface area (Å²) in [5.74, 6) is -0.932. The van der Waals surface area contributed by atoms with Crippen molar-refractivity contribution in [3.63, 3.8) is 0 Å². The standard InChI is InChI=1S/C37H63O8P/c1-3-5-7-9-11-13-15-16-17-18-19-20-22-24-26-28-30-32-37(39)45-35(34-44-46(40,41)42)33-43-36(38)31-29-27-25-23-21-14-12-10-8-6-4-2/h5,7,10-13,16-17,19-20,35H,3-4,6,8-9,14-15,18,21-34H2,1-2H3,(H2,40,41,42)/b7-5-,12-10-,13-11-,17-16-,20-19-. The van der Waals surface area contributed by atoms with Crippen LogP contribution in [0, 0.1) is 0 Å². The first-order valence-corrected chi connectivity index (χ1v) is 19.1. The Hall–Kier alpha value is -2.25. The molecule has 264 valence electrons. The molecule has 0 bridgehead atoms. The van der Waals surface area contributed by atoms with E-state index in [1.807, 2.05) is 0 Å². The van der Waals surface area contributed by atoms with Crippen LogP contribution in [-0.4, -0.2) is 41.0 Å². The number of phosphoric ester groups is 1. The molecule has 0 saturated carbocycles. The minimum absolute atomic E-state index is 0.179. The summed E-state index contributed by atoms with van der Waals surface area (Å²) in [6.07, 6.45) is 39.4. The summed E-state index contributed by atoms with van der Waals surface area (Å²) >= 11 is 0. The van der Waals surface area contributed by atoms with Gasteiger partial charge in [-0.3, -0.25) is 14.1 Å². The Morgan fingerprint density at radius 1 is 0.587 bits per heavy atom. The van der Waals surface area contributed by atoms with Crippen LogP contribution in [0.4, 0.5) is 0 Å². The lowest BCUT2D eigenvalue weighted by atomic mass is 10.1. The lowest BCUT2D eigenvalue weighted by Gasteiger charge is -2.18. The van der Waals surface area contributed by atoms with Gasteiger partial charge in [-0.1, -0.05) is 120 Å². The van der Waals surface area contributed by atoms with Crippen molar-refractivity contribution >= 4 is 19.8 Å². The molecular formula is C37H63O8P. The van der Waals surface area contributed by atoms with E-state index in [4.69, 9.17) is 19.3 Å². The van der Waals surface area contributed by atoms with Gasteiger partial charge in [0, 0.05) is 12.8 Å². The number of rotatable bonds is 31. The van der Waals surface area contributed by atoms with Gasteiger partial charge < -0.3 is 19.3 Å². The highest BCUT2D eigenvalue weighted by atomic mass is 31.2. The molecule has 0 saturated heterocycles. The summed E-state index contributed by atoms with van der Waals surface area (Å²) in [6.45, 7) is 3.47. The van der Waals surface area contributed by atoms with Crippen LogP contribution in [0.2, 0.25) is 0 Å². The first-order chi connectivity index (χ1) is 22.3. The molecule has 46 heavy (non-hydrogen) atoms. The summed E-state index contributed by atoms with van der Waals surface area (Å²) in [4.78, 5) is 42.6. The molecule has 0 aliphatic carbocycles. The first kappa shape index (κ1) is 43.8. The molecule has 8 nitrogen and oxygen atoms in total. The molecule has 0 aromatic carbocycles. The minimum Gasteiger partial charge on any atom is -0.462 e. The van der Waals surface area contributed by atoms with Gasteiger partial charge in [0.2, 0.25) is 0 Å². The Bertz CT molecular complexity index is 932. The van der Waals surface area contributed by atoms with Gasteiger partial charge in [-0.25, -0.2) is 4.57 Å². The van der Waals surface area contributed by atoms with Gasteiger partial charge in [-0.05, 0) is 70.6 Å². The van der Waals surface area contributed by atoms with Crippen molar-refractivity contribution in [3.05, 3.63) is 60.8 Å². The summed E-state index contributed by atoms with van der Waals surface area (Å²) in [6, 6.07) is 0. The van der Waals surface area contributed by atoms with Crippen molar-refractivity contribution in [1.29, 1.82) is 0 Å². The van der Waals surface area contributed by atoms with Gasteiger partial charge in [0.05, 0.1) is 6.61 Å². The van der Waals surface area contributed by atoms with E-state index in [0.717, 1.165) is 89.9 Å². The molecule has 0 spiro atoms. The molecule has 0 amide bonds. The maximum atomic E-state index is 12.3. The fraction of sp³-hybridized carbons (Fsp3) is 0.676. The number of hydrogen-bond acceptors (Lipinski definition) is 6. The van der Waals surface area contributed by atoms with Crippen LogP contribution in [0.15, 0.2) is 60.8 Å². The quantitative estimate of drug-likeness (QED) is 0.0325. The Balaban J connectivity index is 4.07. The second kappa shape index (κ2) is 32.7. The van der Waals surface area contributed by atoms with Crippen LogP contribution in [0.5, 0.6) is 0 Å². The number of ether oxygens (including phenoxy) is 2. The van der Waals surface area contributed by atoms with Crippen LogP contribution < -0.4 is 0 Å². The van der Waals surface area contributed by atoms with E-state index in [9.17, 15) is 14.2 Å². The molecule has 0 aliphatic heterocycles. The lowest BCUT2D eigenvalue weighted by Crippen LogP contribution is -2.29. The molecule has 2 N–H and O–H groups in total. The van der Waals surface area contributed by atoms with Gasteiger partial charge >= 0.3 is 19.8 Å². The molecule has 0 fully saturated rings. The third-order valence-electron chi connectivity index (χ3n) is 7.02. The maximum absolute atomic E-state index is 12.3. The van der Waals surface area contributed by atoms with Crippen molar-refractivity contribution in [1.82, 2.24) is 0 Å². The molecule has 0 rings (SSSR count). The van der Waals surface area contributed by atoms with Crippen molar-refractivity contribution < 1.29 is 37.9 Å². The average molecular weight is 667 g/mol. The van der Waals surface area contributed by atoms with Gasteiger partial charge in [-0.2, -0.15) is 0 Å². The zero-order valence-electron chi connectivity index (χ0n) is 28.7. The van der Waals surface area contributed by atoms with Crippen LogP contribution in [0.3, 0.4) is 0 Å². The van der Waals surface area contributed by atoms with E-state index in [1.165, 1.54) is 12.8 Å². The minimum atomic E-state index is -4.76. The Kier molecular flexibility index (Phi) is 31.1. The Morgan fingerprint density at radius 3 is 1.59 bits per heavy atom. The summed E-state index contributed by atoms with van der Waals surface area (Å²) < 4.78 is 26.2. The average Bonchev–Trinajstić information content (AvgIpc) is 3.02. The third-order valence-corrected chi connectivity index (χ3v) is 7.51. The summed E-state index contributed by atoms with van der Waals surface area (Å²) in [5.41, 5.74) is 0. The van der Waals surface area contributed by atoms with E-state index in [2.05, 4.69) is 79.1 Å². The molecule has 1 atom stereocenters. The number of hydrogen-bond donors (Lipinski definition) is 2. The highest BCUT2D eigenvalue weighted by Crippen LogP contribution is 2.35.